The highest BCUT2D eigenvalue weighted by Crippen LogP contribution is 2.39. The Hall–Kier alpha value is -4.18. The number of ether oxygens (including phenoxy) is 2. The summed E-state index contributed by atoms with van der Waals surface area (Å²) in [5, 5.41) is 3.37. The molecular weight excluding hydrogens is 456 g/mol. The van der Waals surface area contributed by atoms with Gasteiger partial charge in [-0.3, -0.25) is 9.78 Å². The van der Waals surface area contributed by atoms with Crippen LogP contribution in [-0.2, 0) is 22.5 Å². The number of benzene rings is 1. The predicted octanol–water partition coefficient (Wildman–Crippen LogP) is 3.72. The van der Waals surface area contributed by atoms with Gasteiger partial charge in [-0.1, -0.05) is 6.07 Å². The van der Waals surface area contributed by atoms with Crippen molar-refractivity contribution in [1.29, 1.82) is 0 Å². The summed E-state index contributed by atoms with van der Waals surface area (Å²) in [5.41, 5.74) is 8.90. The number of pyridine rings is 1. The van der Waals surface area contributed by atoms with Gasteiger partial charge < -0.3 is 25.4 Å². The molecule has 0 saturated carbocycles. The van der Waals surface area contributed by atoms with Crippen LogP contribution in [0.5, 0.6) is 5.75 Å². The summed E-state index contributed by atoms with van der Waals surface area (Å²) in [4.78, 5) is 43.0. The number of fused-ring (bicyclic) bond motifs is 1. The first-order chi connectivity index (χ1) is 16.4. The van der Waals surface area contributed by atoms with Crippen LogP contribution in [0.25, 0.3) is 6.08 Å². The number of hydrogen-bond acceptors (Lipinski definition) is 8. The highest BCUT2D eigenvalue weighted by atomic mass is 32.1. The van der Waals surface area contributed by atoms with Crippen LogP contribution in [0.1, 0.15) is 26.4 Å². The lowest BCUT2D eigenvalue weighted by Gasteiger charge is -2.26. The molecule has 0 bridgehead atoms. The number of anilines is 2. The van der Waals surface area contributed by atoms with Gasteiger partial charge in [-0.25, -0.2) is 9.59 Å². The summed E-state index contributed by atoms with van der Waals surface area (Å²) in [6.07, 6.45) is 6.45. The Kier molecular flexibility index (Phi) is 6.88. The number of amides is 2. The number of esters is 1. The van der Waals surface area contributed by atoms with Gasteiger partial charge in [-0.2, -0.15) is 0 Å². The lowest BCUT2D eigenvalue weighted by Crippen LogP contribution is -2.37. The Balaban J connectivity index is 1.38. The summed E-state index contributed by atoms with van der Waals surface area (Å²) >= 11 is 1.34. The first-order valence-electron chi connectivity index (χ1n) is 10.4. The van der Waals surface area contributed by atoms with E-state index in [1.165, 1.54) is 48.8 Å². The van der Waals surface area contributed by atoms with E-state index in [2.05, 4.69) is 15.0 Å². The number of nitrogens with zero attached hydrogens (tertiary/aromatic N) is 2. The number of nitrogens with two attached hydrogens (primary N) is 1. The number of aromatic nitrogens is 1. The molecule has 9 nitrogen and oxygen atoms in total. The number of hydrogen-bond donors (Lipinski definition) is 2. The molecule has 0 saturated heterocycles. The van der Waals surface area contributed by atoms with Gasteiger partial charge in [0.15, 0.2) is 0 Å². The Morgan fingerprint density at radius 1 is 1.21 bits per heavy atom. The average Bonchev–Trinajstić information content (AvgIpc) is 3.17. The molecule has 0 atom stereocenters. The fraction of sp³-hybridized carbons (Fsp3) is 0.167. The Morgan fingerprint density at radius 3 is 2.71 bits per heavy atom. The zero-order valence-corrected chi connectivity index (χ0v) is 19.1. The Labute approximate surface area is 199 Å². The van der Waals surface area contributed by atoms with Crippen molar-refractivity contribution in [2.24, 2.45) is 0 Å². The van der Waals surface area contributed by atoms with Gasteiger partial charge in [0.05, 0.1) is 24.9 Å². The van der Waals surface area contributed by atoms with Crippen molar-refractivity contribution in [3.8, 4) is 5.75 Å². The maximum absolute atomic E-state index is 12.6. The molecule has 0 unspecified atom stereocenters. The van der Waals surface area contributed by atoms with Gasteiger partial charge in [0.25, 0.3) is 0 Å². The van der Waals surface area contributed by atoms with Crippen molar-refractivity contribution in [1.82, 2.24) is 9.88 Å². The monoisotopic (exact) mass is 478 g/mol. The van der Waals surface area contributed by atoms with Crippen molar-refractivity contribution in [3.05, 3.63) is 76.4 Å². The number of thiophene rings is 1. The van der Waals surface area contributed by atoms with Gasteiger partial charge in [-0.05, 0) is 54.0 Å². The molecule has 1 aliphatic rings. The molecule has 0 spiro atoms. The minimum atomic E-state index is -0.506. The van der Waals surface area contributed by atoms with E-state index < -0.39 is 12.1 Å². The van der Waals surface area contributed by atoms with E-state index in [1.807, 2.05) is 6.07 Å². The predicted molar refractivity (Wildman–Crippen MR) is 129 cm³/mol. The zero-order chi connectivity index (χ0) is 24.1. The van der Waals surface area contributed by atoms with Gasteiger partial charge in [-0.15, -0.1) is 11.3 Å². The molecular formula is C24H22N4O5S. The van der Waals surface area contributed by atoms with Crippen molar-refractivity contribution in [3.63, 3.8) is 0 Å². The van der Waals surface area contributed by atoms with Crippen LogP contribution in [0.3, 0.4) is 0 Å². The van der Waals surface area contributed by atoms with Gasteiger partial charge in [0.1, 0.15) is 10.8 Å². The van der Waals surface area contributed by atoms with E-state index in [-0.39, 0.29) is 5.91 Å². The highest BCUT2D eigenvalue weighted by molar-refractivity contribution is 7.17. The van der Waals surface area contributed by atoms with Gasteiger partial charge >= 0.3 is 12.1 Å². The van der Waals surface area contributed by atoms with E-state index in [9.17, 15) is 14.4 Å². The van der Waals surface area contributed by atoms with E-state index in [0.717, 1.165) is 16.0 Å². The van der Waals surface area contributed by atoms with Gasteiger partial charge in [0.2, 0.25) is 5.91 Å². The van der Waals surface area contributed by atoms with E-state index in [0.29, 0.717) is 41.5 Å². The number of rotatable bonds is 5. The fourth-order valence-corrected chi connectivity index (χ4v) is 4.61. The minimum absolute atomic E-state index is 0.305. The lowest BCUT2D eigenvalue weighted by atomic mass is 10.1. The third kappa shape index (κ3) is 5.24. The van der Waals surface area contributed by atoms with Crippen LogP contribution in [0.4, 0.5) is 15.5 Å². The lowest BCUT2D eigenvalue weighted by molar-refractivity contribution is -0.111. The molecule has 174 valence electrons. The topological polar surface area (TPSA) is 124 Å². The normalized spacial score (nSPS) is 12.8. The van der Waals surface area contributed by atoms with E-state index in [1.54, 1.807) is 29.4 Å². The Morgan fingerprint density at radius 2 is 2.00 bits per heavy atom. The third-order valence-electron chi connectivity index (χ3n) is 5.18. The molecule has 2 aromatic heterocycles. The minimum Gasteiger partial charge on any atom is -0.465 e. The summed E-state index contributed by atoms with van der Waals surface area (Å²) in [6.45, 7) is 0.756. The number of nitrogens with one attached hydrogen (secondary N) is 1. The SMILES string of the molecule is COC(=O)c1ccc(OC(=O)N2CCc3c(sc(NC(=O)/C=C/c4cccnc4)c3N)C2)cc1. The number of carbonyl (C=O) groups is 3. The molecule has 0 aliphatic carbocycles. The molecule has 2 amide bonds. The fourth-order valence-electron chi connectivity index (χ4n) is 3.42. The van der Waals surface area contributed by atoms with Crippen molar-refractivity contribution in [2.75, 3.05) is 24.7 Å². The second-order valence-corrected chi connectivity index (χ2v) is 8.52. The van der Waals surface area contributed by atoms with Crippen LogP contribution in [-0.4, -0.2) is 41.5 Å². The molecule has 3 aromatic rings. The standard InChI is InChI=1S/C24H22N4O5S/c1-32-23(30)16-5-7-17(8-6-16)33-24(31)28-12-10-18-19(14-28)34-22(21(18)25)27-20(29)9-4-15-3-2-11-26-13-15/h2-9,11,13H,10,12,14,25H2,1H3,(H,27,29)/b9-4+. The average molecular weight is 479 g/mol. The third-order valence-corrected chi connectivity index (χ3v) is 6.33. The van der Waals surface area contributed by atoms with Crippen molar-refractivity contribution >= 4 is 46.1 Å². The summed E-state index contributed by atoms with van der Waals surface area (Å²) in [5.74, 6) is -0.449. The van der Waals surface area contributed by atoms with Crippen LogP contribution in [0, 0.1) is 0 Å². The van der Waals surface area contributed by atoms with Gasteiger partial charge in [0, 0.05) is 29.9 Å². The van der Waals surface area contributed by atoms with Crippen LogP contribution >= 0.6 is 11.3 Å². The molecule has 1 aliphatic heterocycles. The summed E-state index contributed by atoms with van der Waals surface area (Å²) < 4.78 is 10.1. The van der Waals surface area contributed by atoms with Crippen LogP contribution < -0.4 is 15.8 Å². The van der Waals surface area contributed by atoms with E-state index in [4.69, 9.17) is 10.5 Å². The van der Waals surface area contributed by atoms with Crippen LogP contribution in [0.2, 0.25) is 0 Å². The number of nitrogen functional groups attached to an aromatic ring is 1. The quantitative estimate of drug-likeness (QED) is 0.423. The molecule has 4 rings (SSSR count). The number of methoxy groups -OCH3 is 1. The van der Waals surface area contributed by atoms with E-state index >= 15 is 0 Å². The second kappa shape index (κ2) is 10.2. The summed E-state index contributed by atoms with van der Waals surface area (Å²) in [6, 6.07) is 9.76. The molecule has 10 heteroatoms. The van der Waals surface area contributed by atoms with Crippen LogP contribution in [0.15, 0.2) is 54.9 Å². The molecule has 1 aromatic carbocycles. The first kappa shape index (κ1) is 23.0. The largest absolute Gasteiger partial charge is 0.465 e. The molecule has 0 radical (unpaired) electrons. The zero-order valence-electron chi connectivity index (χ0n) is 18.3. The molecule has 3 N–H and O–H groups in total. The second-order valence-electron chi connectivity index (χ2n) is 7.41. The number of carbonyl (C=O) groups excluding carboxylic acids is 3. The first-order valence-corrected chi connectivity index (χ1v) is 11.2. The smallest absolute Gasteiger partial charge is 0.415 e. The summed E-state index contributed by atoms with van der Waals surface area (Å²) in [7, 11) is 1.30. The molecule has 34 heavy (non-hydrogen) atoms. The highest BCUT2D eigenvalue weighted by Gasteiger charge is 2.27. The Bertz CT molecular complexity index is 1240. The maximum Gasteiger partial charge on any atom is 0.415 e. The molecule has 0 fully saturated rings. The van der Waals surface area contributed by atoms with Crippen molar-refractivity contribution < 1.29 is 23.9 Å². The molecule has 3 heterocycles. The van der Waals surface area contributed by atoms with Crippen molar-refractivity contribution in [2.45, 2.75) is 13.0 Å². The maximum atomic E-state index is 12.6.